The fraction of sp³-hybridized carbons (Fsp3) is 0.167. The van der Waals surface area contributed by atoms with E-state index in [-0.39, 0.29) is 37.0 Å². The topological polar surface area (TPSA) is 83.7 Å². The summed E-state index contributed by atoms with van der Waals surface area (Å²) in [5, 5.41) is 4.81. The van der Waals surface area contributed by atoms with Crippen LogP contribution in [-0.4, -0.2) is 54.9 Å². The Balaban J connectivity index is 1.35. The largest absolute Gasteiger partial charge is 0.355 e. The van der Waals surface area contributed by atoms with Gasteiger partial charge in [0.05, 0.1) is 5.39 Å². The SMILES string of the molecule is O=C(c1ccc2noc(-c3ccccc3)c2c1)N1CCN(S(=O)(=O)c2ccccc2F)CC1. The minimum atomic E-state index is -3.96. The van der Waals surface area contributed by atoms with Crippen molar-refractivity contribution < 1.29 is 22.1 Å². The third kappa shape index (κ3) is 3.90. The quantitative estimate of drug-likeness (QED) is 0.458. The van der Waals surface area contributed by atoms with E-state index in [1.807, 2.05) is 30.3 Å². The summed E-state index contributed by atoms with van der Waals surface area (Å²) < 4.78 is 46.4. The molecule has 2 heterocycles. The smallest absolute Gasteiger partial charge is 0.253 e. The van der Waals surface area contributed by atoms with Gasteiger partial charge in [-0.1, -0.05) is 47.6 Å². The van der Waals surface area contributed by atoms with E-state index in [1.165, 1.54) is 22.5 Å². The number of halogens is 1. The van der Waals surface area contributed by atoms with Crippen LogP contribution in [0.4, 0.5) is 4.39 Å². The highest BCUT2D eigenvalue weighted by Crippen LogP contribution is 2.30. The predicted molar refractivity (Wildman–Crippen MR) is 121 cm³/mol. The van der Waals surface area contributed by atoms with Gasteiger partial charge in [-0.25, -0.2) is 12.8 Å². The van der Waals surface area contributed by atoms with Crippen molar-refractivity contribution in [3.8, 4) is 11.3 Å². The molecule has 1 fully saturated rings. The first-order chi connectivity index (χ1) is 15.9. The second kappa shape index (κ2) is 8.42. The van der Waals surface area contributed by atoms with Gasteiger partial charge in [-0.15, -0.1) is 0 Å². The molecule has 0 atom stereocenters. The van der Waals surface area contributed by atoms with E-state index >= 15 is 0 Å². The van der Waals surface area contributed by atoms with Crippen LogP contribution in [0.2, 0.25) is 0 Å². The number of hydrogen-bond acceptors (Lipinski definition) is 5. The van der Waals surface area contributed by atoms with Crippen molar-refractivity contribution in [3.05, 3.63) is 84.2 Å². The molecule has 0 bridgehead atoms. The summed E-state index contributed by atoms with van der Waals surface area (Å²) >= 11 is 0. The molecule has 5 rings (SSSR count). The highest BCUT2D eigenvalue weighted by atomic mass is 32.2. The van der Waals surface area contributed by atoms with Gasteiger partial charge in [-0.05, 0) is 30.3 Å². The molecule has 1 aliphatic heterocycles. The molecule has 1 amide bonds. The van der Waals surface area contributed by atoms with E-state index in [2.05, 4.69) is 5.16 Å². The van der Waals surface area contributed by atoms with Crippen molar-refractivity contribution in [3.63, 3.8) is 0 Å². The Hall–Kier alpha value is -3.56. The number of benzene rings is 3. The van der Waals surface area contributed by atoms with Crippen LogP contribution in [0.15, 0.2) is 82.2 Å². The van der Waals surface area contributed by atoms with E-state index in [1.54, 1.807) is 23.1 Å². The molecule has 0 aliphatic carbocycles. The summed E-state index contributed by atoms with van der Waals surface area (Å²) in [4.78, 5) is 14.4. The zero-order chi connectivity index (χ0) is 23.0. The average molecular weight is 466 g/mol. The molecule has 0 unspecified atom stereocenters. The van der Waals surface area contributed by atoms with Crippen molar-refractivity contribution >= 4 is 26.8 Å². The molecule has 9 heteroatoms. The maximum Gasteiger partial charge on any atom is 0.253 e. The van der Waals surface area contributed by atoms with Crippen LogP contribution in [0.1, 0.15) is 10.4 Å². The Morgan fingerprint density at radius 2 is 1.61 bits per heavy atom. The maximum atomic E-state index is 14.0. The molecule has 33 heavy (non-hydrogen) atoms. The van der Waals surface area contributed by atoms with Gasteiger partial charge in [0.1, 0.15) is 16.2 Å². The average Bonchev–Trinajstić information content (AvgIpc) is 3.28. The lowest BCUT2D eigenvalue weighted by Gasteiger charge is -2.34. The van der Waals surface area contributed by atoms with Gasteiger partial charge < -0.3 is 9.42 Å². The van der Waals surface area contributed by atoms with Crippen LogP contribution < -0.4 is 0 Å². The van der Waals surface area contributed by atoms with Crippen LogP contribution in [-0.2, 0) is 10.0 Å². The van der Waals surface area contributed by atoms with Crippen molar-refractivity contribution in [2.45, 2.75) is 4.90 Å². The first kappa shape index (κ1) is 21.3. The lowest BCUT2D eigenvalue weighted by Crippen LogP contribution is -2.50. The standard InChI is InChI=1S/C24H20FN3O4S/c25-20-8-4-5-9-22(20)33(30,31)28-14-12-27(13-15-28)24(29)18-10-11-21-19(16-18)23(32-26-21)17-6-2-1-3-7-17/h1-11,16H,12-15H2. The molecule has 4 aromatic rings. The first-order valence-corrected chi connectivity index (χ1v) is 11.9. The number of amides is 1. The summed E-state index contributed by atoms with van der Waals surface area (Å²) in [7, 11) is -3.96. The Kier molecular flexibility index (Phi) is 5.43. The maximum absolute atomic E-state index is 14.0. The summed E-state index contributed by atoms with van der Waals surface area (Å²) in [6.07, 6.45) is 0. The fourth-order valence-corrected chi connectivity index (χ4v) is 5.47. The highest BCUT2D eigenvalue weighted by molar-refractivity contribution is 7.89. The predicted octanol–water partition coefficient (Wildman–Crippen LogP) is 3.78. The molecule has 7 nitrogen and oxygen atoms in total. The van der Waals surface area contributed by atoms with Crippen LogP contribution in [0, 0.1) is 5.82 Å². The minimum Gasteiger partial charge on any atom is -0.355 e. The second-order valence-corrected chi connectivity index (χ2v) is 9.64. The van der Waals surface area contributed by atoms with Crippen LogP contribution in [0.25, 0.3) is 22.2 Å². The molecular formula is C24H20FN3O4S. The molecule has 168 valence electrons. The normalized spacial score (nSPS) is 15.1. The monoisotopic (exact) mass is 465 g/mol. The number of sulfonamides is 1. The number of nitrogens with zero attached hydrogens (tertiary/aromatic N) is 3. The summed E-state index contributed by atoms with van der Waals surface area (Å²) in [5.41, 5.74) is 1.97. The molecule has 0 spiro atoms. The van der Waals surface area contributed by atoms with Gasteiger partial charge in [0, 0.05) is 37.3 Å². The van der Waals surface area contributed by atoms with Gasteiger partial charge in [0.15, 0.2) is 5.76 Å². The Morgan fingerprint density at radius 3 is 2.33 bits per heavy atom. The van der Waals surface area contributed by atoms with Crippen molar-refractivity contribution in [2.75, 3.05) is 26.2 Å². The number of aromatic nitrogens is 1. The molecule has 0 saturated carbocycles. The lowest BCUT2D eigenvalue weighted by atomic mass is 10.1. The van der Waals surface area contributed by atoms with Gasteiger partial charge in [-0.2, -0.15) is 4.31 Å². The van der Waals surface area contributed by atoms with Crippen molar-refractivity contribution in [1.29, 1.82) is 0 Å². The van der Waals surface area contributed by atoms with Gasteiger partial charge in [0.25, 0.3) is 5.91 Å². The summed E-state index contributed by atoms with van der Waals surface area (Å²) in [6.45, 7) is 0.597. The van der Waals surface area contributed by atoms with Gasteiger partial charge in [0.2, 0.25) is 10.0 Å². The van der Waals surface area contributed by atoms with E-state index in [4.69, 9.17) is 4.52 Å². The zero-order valence-corrected chi connectivity index (χ0v) is 18.3. The van der Waals surface area contributed by atoms with Crippen LogP contribution >= 0.6 is 0 Å². The second-order valence-electron chi connectivity index (χ2n) is 7.74. The number of carbonyl (C=O) groups excluding carboxylic acids is 1. The number of hydrogen-bond donors (Lipinski definition) is 0. The molecular weight excluding hydrogens is 445 g/mol. The Bertz CT molecular complexity index is 1430. The van der Waals surface area contributed by atoms with Crippen LogP contribution in [0.3, 0.4) is 0 Å². The molecule has 1 saturated heterocycles. The number of rotatable bonds is 4. The Labute approximate surface area is 190 Å². The molecule has 0 N–H and O–H groups in total. The van der Waals surface area contributed by atoms with E-state index in [0.717, 1.165) is 17.0 Å². The highest BCUT2D eigenvalue weighted by Gasteiger charge is 2.32. The lowest BCUT2D eigenvalue weighted by molar-refractivity contribution is 0.0698. The van der Waals surface area contributed by atoms with E-state index < -0.39 is 15.8 Å². The molecule has 1 aromatic heterocycles. The third-order valence-corrected chi connectivity index (χ3v) is 7.67. The molecule has 1 aliphatic rings. The zero-order valence-electron chi connectivity index (χ0n) is 17.5. The van der Waals surface area contributed by atoms with Crippen molar-refractivity contribution in [2.24, 2.45) is 0 Å². The minimum absolute atomic E-state index is 0.0905. The van der Waals surface area contributed by atoms with Crippen LogP contribution in [0.5, 0.6) is 0 Å². The fourth-order valence-electron chi connectivity index (χ4n) is 3.98. The number of piperazine rings is 1. The van der Waals surface area contributed by atoms with E-state index in [9.17, 15) is 17.6 Å². The molecule has 0 radical (unpaired) electrons. The van der Waals surface area contributed by atoms with Crippen molar-refractivity contribution in [1.82, 2.24) is 14.4 Å². The number of carbonyl (C=O) groups is 1. The first-order valence-electron chi connectivity index (χ1n) is 10.4. The molecule has 3 aromatic carbocycles. The Morgan fingerprint density at radius 1 is 0.909 bits per heavy atom. The number of fused-ring (bicyclic) bond motifs is 1. The third-order valence-electron chi connectivity index (χ3n) is 5.74. The van der Waals surface area contributed by atoms with Gasteiger partial charge in [-0.3, -0.25) is 4.79 Å². The summed E-state index contributed by atoms with van der Waals surface area (Å²) in [6, 6.07) is 20.0. The van der Waals surface area contributed by atoms with Gasteiger partial charge >= 0.3 is 0 Å². The van der Waals surface area contributed by atoms with E-state index in [0.29, 0.717) is 16.8 Å². The summed E-state index contributed by atoms with van der Waals surface area (Å²) in [5.74, 6) is -0.409.